The van der Waals surface area contributed by atoms with Crippen molar-refractivity contribution in [2.45, 2.75) is 13.8 Å². The first-order chi connectivity index (χ1) is 17.6. The summed E-state index contributed by atoms with van der Waals surface area (Å²) in [6.45, 7) is 3.85. The van der Waals surface area contributed by atoms with Gasteiger partial charge in [-0.1, -0.05) is 72.8 Å². The molecule has 0 aromatic heterocycles. The first-order valence-electron chi connectivity index (χ1n) is 11.8. The highest BCUT2D eigenvalue weighted by molar-refractivity contribution is 6.04. The molecule has 5 aromatic carbocycles. The van der Waals surface area contributed by atoms with Gasteiger partial charge in [0, 0.05) is 5.56 Å². The zero-order valence-corrected chi connectivity index (χ0v) is 20.2. The van der Waals surface area contributed by atoms with E-state index in [2.05, 4.69) is 75.7 Å². The number of nitrogens with one attached hydrogen (secondary N) is 2. The van der Waals surface area contributed by atoms with E-state index >= 15 is 0 Å². The highest BCUT2D eigenvalue weighted by Gasteiger charge is 2.06. The van der Waals surface area contributed by atoms with E-state index < -0.39 is 0 Å². The Bertz CT molecular complexity index is 1620. The summed E-state index contributed by atoms with van der Waals surface area (Å²) in [6, 6.07) is 36.0. The molecule has 0 heterocycles. The number of anilines is 1. The maximum Gasteiger partial charge on any atom is 0.271 e. The minimum atomic E-state index is -0.266. The lowest BCUT2D eigenvalue weighted by Crippen LogP contribution is -2.19. The largest absolute Gasteiger partial charge is 0.278 e. The van der Waals surface area contributed by atoms with Crippen LogP contribution in [0.2, 0.25) is 0 Å². The van der Waals surface area contributed by atoms with Crippen molar-refractivity contribution in [1.82, 2.24) is 5.43 Å². The van der Waals surface area contributed by atoms with Gasteiger partial charge in [0.2, 0.25) is 0 Å². The number of nitrogens with zero attached hydrogens (tertiary/aromatic N) is 2. The molecule has 0 aliphatic carbocycles. The van der Waals surface area contributed by atoms with Crippen molar-refractivity contribution in [3.05, 3.63) is 126 Å². The van der Waals surface area contributed by atoms with Gasteiger partial charge in [-0.15, -0.1) is 0 Å². The van der Waals surface area contributed by atoms with Gasteiger partial charge in [-0.3, -0.25) is 10.2 Å². The van der Waals surface area contributed by atoms with Crippen LogP contribution in [-0.4, -0.2) is 17.3 Å². The third kappa shape index (κ3) is 5.15. The molecule has 0 bridgehead atoms. The molecular weight excluding hydrogens is 444 g/mol. The van der Waals surface area contributed by atoms with Crippen molar-refractivity contribution in [1.29, 1.82) is 0 Å². The van der Waals surface area contributed by atoms with Crippen LogP contribution >= 0.6 is 0 Å². The van der Waals surface area contributed by atoms with Crippen LogP contribution in [0.5, 0.6) is 0 Å². The average Bonchev–Trinajstić information content (AvgIpc) is 2.94. The normalized spacial score (nSPS) is 12.1. The van der Waals surface area contributed by atoms with Crippen LogP contribution in [-0.2, 0) is 0 Å². The van der Waals surface area contributed by atoms with Gasteiger partial charge in [0.1, 0.15) is 0 Å². The second-order valence-corrected chi connectivity index (χ2v) is 8.65. The van der Waals surface area contributed by atoms with Gasteiger partial charge in [-0.05, 0) is 82.9 Å². The number of fused-ring (bicyclic) bond motifs is 2. The van der Waals surface area contributed by atoms with E-state index in [0.29, 0.717) is 5.56 Å². The van der Waals surface area contributed by atoms with E-state index in [1.165, 1.54) is 16.2 Å². The molecule has 5 rings (SSSR count). The Labute approximate surface area is 210 Å². The highest BCUT2D eigenvalue weighted by Crippen LogP contribution is 2.18. The predicted molar refractivity (Wildman–Crippen MR) is 150 cm³/mol. The Morgan fingerprint density at radius 2 is 1.03 bits per heavy atom. The molecule has 0 spiro atoms. The standard InChI is InChI=1S/C31H26N4O/c1-21(26-13-11-23-7-3-5-9-28(23)19-26)32-34-30-17-15-25(16-18-30)31(36)35-33-22(2)27-14-12-24-8-4-6-10-29(24)20-27/h3-20,34H,1-2H3,(H,35,36)/b32-21+,33-22+. The minimum absolute atomic E-state index is 0.266. The first kappa shape index (κ1) is 23.0. The number of hydrogen-bond donors (Lipinski definition) is 2. The molecule has 36 heavy (non-hydrogen) atoms. The van der Waals surface area contributed by atoms with Crippen LogP contribution in [0.1, 0.15) is 35.3 Å². The fraction of sp³-hybridized carbons (Fsp3) is 0.0645. The van der Waals surface area contributed by atoms with Crippen LogP contribution in [0.15, 0.2) is 119 Å². The van der Waals surface area contributed by atoms with Gasteiger partial charge in [0.25, 0.3) is 5.91 Å². The summed E-state index contributed by atoms with van der Waals surface area (Å²) in [7, 11) is 0. The number of carbonyl (C=O) groups is 1. The SMILES string of the molecule is C/C(=N\NC(=O)c1ccc(N/N=C(\C)c2ccc3ccccc3c2)cc1)c1ccc2ccccc2c1. The molecule has 176 valence electrons. The van der Waals surface area contributed by atoms with Crippen molar-refractivity contribution < 1.29 is 4.79 Å². The lowest BCUT2D eigenvalue weighted by Gasteiger charge is -2.07. The summed E-state index contributed by atoms with van der Waals surface area (Å²) >= 11 is 0. The number of benzene rings is 5. The van der Waals surface area contributed by atoms with Crippen molar-refractivity contribution in [2.24, 2.45) is 10.2 Å². The van der Waals surface area contributed by atoms with Crippen molar-refractivity contribution in [3.63, 3.8) is 0 Å². The topological polar surface area (TPSA) is 65.8 Å². The van der Waals surface area contributed by atoms with Gasteiger partial charge < -0.3 is 0 Å². The summed E-state index contributed by atoms with van der Waals surface area (Å²) in [6.07, 6.45) is 0. The van der Waals surface area contributed by atoms with E-state index in [1.54, 1.807) is 12.1 Å². The summed E-state index contributed by atoms with van der Waals surface area (Å²) < 4.78 is 0. The van der Waals surface area contributed by atoms with E-state index in [1.807, 2.05) is 56.3 Å². The molecule has 0 saturated heterocycles. The van der Waals surface area contributed by atoms with Crippen LogP contribution in [0, 0.1) is 0 Å². The molecule has 5 heteroatoms. The minimum Gasteiger partial charge on any atom is -0.278 e. The van der Waals surface area contributed by atoms with E-state index in [9.17, 15) is 4.79 Å². The maximum atomic E-state index is 12.6. The van der Waals surface area contributed by atoms with Crippen molar-refractivity contribution in [2.75, 3.05) is 5.43 Å². The monoisotopic (exact) mass is 470 g/mol. The summed E-state index contributed by atoms with van der Waals surface area (Å²) in [5.74, 6) is -0.266. The molecule has 2 N–H and O–H groups in total. The molecule has 0 atom stereocenters. The van der Waals surface area contributed by atoms with E-state index in [-0.39, 0.29) is 5.91 Å². The van der Waals surface area contributed by atoms with E-state index in [4.69, 9.17) is 0 Å². The number of carbonyl (C=O) groups excluding carboxylic acids is 1. The molecule has 1 amide bonds. The first-order valence-corrected chi connectivity index (χ1v) is 11.8. The van der Waals surface area contributed by atoms with E-state index in [0.717, 1.165) is 33.6 Å². The van der Waals surface area contributed by atoms with Crippen molar-refractivity contribution in [3.8, 4) is 0 Å². The molecule has 0 radical (unpaired) electrons. The third-order valence-corrected chi connectivity index (χ3v) is 6.16. The van der Waals surface area contributed by atoms with Crippen LogP contribution in [0.4, 0.5) is 5.69 Å². The Kier molecular flexibility index (Phi) is 6.54. The van der Waals surface area contributed by atoms with Crippen LogP contribution < -0.4 is 10.9 Å². The maximum absolute atomic E-state index is 12.6. The highest BCUT2D eigenvalue weighted by atomic mass is 16.2. The van der Waals surface area contributed by atoms with Gasteiger partial charge >= 0.3 is 0 Å². The number of hydrazone groups is 2. The fourth-order valence-corrected chi connectivity index (χ4v) is 4.00. The molecular formula is C31H26N4O. The molecule has 0 unspecified atom stereocenters. The van der Waals surface area contributed by atoms with Gasteiger partial charge in [-0.25, -0.2) is 5.43 Å². The lowest BCUT2D eigenvalue weighted by molar-refractivity contribution is 0.0955. The Morgan fingerprint density at radius 3 is 1.58 bits per heavy atom. The zero-order valence-electron chi connectivity index (χ0n) is 20.2. The molecule has 0 fully saturated rings. The zero-order chi connectivity index (χ0) is 24.9. The molecule has 0 aliphatic rings. The lowest BCUT2D eigenvalue weighted by atomic mass is 10.0. The van der Waals surface area contributed by atoms with Crippen LogP contribution in [0.3, 0.4) is 0 Å². The predicted octanol–water partition coefficient (Wildman–Crippen LogP) is 6.98. The average molecular weight is 471 g/mol. The Morgan fingerprint density at radius 1 is 0.556 bits per heavy atom. The quantitative estimate of drug-likeness (QED) is 0.208. The van der Waals surface area contributed by atoms with Crippen LogP contribution in [0.25, 0.3) is 21.5 Å². The molecule has 0 saturated carbocycles. The van der Waals surface area contributed by atoms with Gasteiger partial charge in [0.15, 0.2) is 0 Å². The second kappa shape index (κ2) is 10.2. The number of rotatable bonds is 6. The summed E-state index contributed by atoms with van der Waals surface area (Å²) in [4.78, 5) is 12.6. The second-order valence-electron chi connectivity index (χ2n) is 8.65. The Balaban J connectivity index is 1.22. The molecule has 5 nitrogen and oxygen atoms in total. The molecule has 5 aromatic rings. The van der Waals surface area contributed by atoms with Gasteiger partial charge in [0.05, 0.1) is 17.1 Å². The van der Waals surface area contributed by atoms with Gasteiger partial charge in [-0.2, -0.15) is 10.2 Å². The molecule has 0 aliphatic heterocycles. The Hall–Kier alpha value is -4.77. The smallest absolute Gasteiger partial charge is 0.271 e. The summed E-state index contributed by atoms with van der Waals surface area (Å²) in [5, 5.41) is 13.5. The number of amides is 1. The fourth-order valence-electron chi connectivity index (χ4n) is 4.00. The summed E-state index contributed by atoms with van der Waals surface area (Å²) in [5.41, 5.74) is 10.7. The number of hydrogen-bond acceptors (Lipinski definition) is 4. The third-order valence-electron chi connectivity index (χ3n) is 6.16. The van der Waals surface area contributed by atoms with Crippen molar-refractivity contribution >= 4 is 44.6 Å².